The monoisotopic (exact) mass is 755 g/mol. The lowest BCUT2D eigenvalue weighted by molar-refractivity contribution is -0.305. The van der Waals surface area contributed by atoms with Gasteiger partial charge in [0.25, 0.3) is 0 Å². The van der Waals surface area contributed by atoms with Crippen LogP contribution >= 0.6 is 0 Å². The zero-order valence-electron chi connectivity index (χ0n) is 33.5. The second-order valence-corrected chi connectivity index (χ2v) is 14.8. The Morgan fingerprint density at radius 2 is 1.04 bits per heavy atom. The Hall–Kier alpha value is -1.82. The van der Waals surface area contributed by atoms with E-state index in [0.717, 1.165) is 51.4 Å². The van der Waals surface area contributed by atoms with Gasteiger partial charge in [-0.05, 0) is 51.4 Å². The summed E-state index contributed by atoms with van der Waals surface area (Å²) >= 11 is 0. The van der Waals surface area contributed by atoms with Crippen molar-refractivity contribution in [1.82, 2.24) is 0 Å². The third-order valence-electron chi connectivity index (χ3n) is 9.82. The van der Waals surface area contributed by atoms with Crippen LogP contribution in [-0.2, 0) is 28.5 Å². The second-order valence-electron chi connectivity index (χ2n) is 14.8. The lowest BCUT2D eigenvalue weighted by Crippen LogP contribution is -2.59. The third kappa shape index (κ3) is 26.6. The first kappa shape index (κ1) is 49.2. The number of allylic oxidation sites excluding steroid dienone is 4. The molecule has 1 aliphatic heterocycles. The summed E-state index contributed by atoms with van der Waals surface area (Å²) in [5.41, 5.74) is 0. The Morgan fingerprint density at radius 3 is 1.57 bits per heavy atom. The maximum atomic E-state index is 12.7. The van der Waals surface area contributed by atoms with Crippen LogP contribution < -0.4 is 0 Å². The molecule has 1 heterocycles. The van der Waals surface area contributed by atoms with Gasteiger partial charge in [-0.2, -0.15) is 0 Å². The van der Waals surface area contributed by atoms with Crippen molar-refractivity contribution >= 4 is 11.9 Å². The molecule has 6 atom stereocenters. The number of ether oxygens (including phenoxy) is 4. The van der Waals surface area contributed by atoms with Gasteiger partial charge in [-0.25, -0.2) is 0 Å². The van der Waals surface area contributed by atoms with E-state index in [1.54, 1.807) is 0 Å². The topological polar surface area (TPSA) is 152 Å². The molecule has 10 nitrogen and oxygen atoms in total. The van der Waals surface area contributed by atoms with Gasteiger partial charge in [0.05, 0.1) is 13.2 Å². The summed E-state index contributed by atoms with van der Waals surface area (Å²) in [6.45, 7) is 3.36. The summed E-state index contributed by atoms with van der Waals surface area (Å²) in [5.74, 6) is -0.871. The van der Waals surface area contributed by atoms with Gasteiger partial charge in [0, 0.05) is 12.8 Å². The van der Waals surface area contributed by atoms with Crippen molar-refractivity contribution in [3.8, 4) is 0 Å². The molecular weight excluding hydrogens is 676 g/mol. The molecule has 10 heteroatoms. The molecule has 1 fully saturated rings. The van der Waals surface area contributed by atoms with Gasteiger partial charge in [0.2, 0.25) is 0 Å². The van der Waals surface area contributed by atoms with Crippen molar-refractivity contribution in [2.45, 2.75) is 218 Å². The molecule has 0 radical (unpaired) electrons. The Labute approximate surface area is 322 Å². The van der Waals surface area contributed by atoms with E-state index in [1.165, 1.54) is 89.9 Å². The van der Waals surface area contributed by atoms with E-state index < -0.39 is 55.4 Å². The number of esters is 2. The molecule has 0 aromatic rings. The molecule has 0 spiro atoms. The van der Waals surface area contributed by atoms with Gasteiger partial charge in [0.1, 0.15) is 31.0 Å². The predicted octanol–water partition coefficient (Wildman–Crippen LogP) is 8.55. The van der Waals surface area contributed by atoms with Crippen molar-refractivity contribution in [2.75, 3.05) is 19.8 Å². The van der Waals surface area contributed by atoms with Crippen LogP contribution in [0.3, 0.4) is 0 Å². The minimum Gasteiger partial charge on any atom is -0.462 e. The van der Waals surface area contributed by atoms with Crippen LogP contribution in [0.2, 0.25) is 0 Å². The third-order valence-corrected chi connectivity index (χ3v) is 9.82. The number of aliphatic hydroxyl groups is 4. The molecule has 0 aromatic carbocycles. The van der Waals surface area contributed by atoms with Gasteiger partial charge in [-0.3, -0.25) is 9.59 Å². The minimum absolute atomic E-state index is 0.192. The van der Waals surface area contributed by atoms with E-state index in [0.29, 0.717) is 12.8 Å². The van der Waals surface area contributed by atoms with Gasteiger partial charge >= 0.3 is 11.9 Å². The molecule has 53 heavy (non-hydrogen) atoms. The van der Waals surface area contributed by atoms with Crippen molar-refractivity contribution < 1.29 is 49.0 Å². The first-order chi connectivity index (χ1) is 25.8. The van der Waals surface area contributed by atoms with Crippen LogP contribution in [0.15, 0.2) is 24.3 Å². The highest BCUT2D eigenvalue weighted by atomic mass is 16.7. The lowest BCUT2D eigenvalue weighted by atomic mass is 9.99. The van der Waals surface area contributed by atoms with Gasteiger partial charge in [-0.15, -0.1) is 0 Å². The SMILES string of the molecule is CCCCCC/C=C/CCCCCCCC(=O)O[C@@H](COC(=O)CC/C=C/CCCCCCCCCCCCC)CO[C@H]1O[C@@H](CO)[C@@H](O)C(O)C1O. The number of hydrogen-bond acceptors (Lipinski definition) is 10. The Bertz CT molecular complexity index is 923. The zero-order chi connectivity index (χ0) is 38.8. The predicted molar refractivity (Wildman–Crippen MR) is 210 cm³/mol. The number of carbonyl (C=O) groups excluding carboxylic acids is 2. The molecule has 0 amide bonds. The molecular formula is C43H78O10. The van der Waals surface area contributed by atoms with Gasteiger partial charge < -0.3 is 39.4 Å². The van der Waals surface area contributed by atoms with E-state index in [1.807, 2.05) is 6.08 Å². The van der Waals surface area contributed by atoms with Crippen molar-refractivity contribution in [2.24, 2.45) is 0 Å². The highest BCUT2D eigenvalue weighted by Crippen LogP contribution is 2.22. The molecule has 0 aliphatic carbocycles. The van der Waals surface area contributed by atoms with Crippen molar-refractivity contribution in [1.29, 1.82) is 0 Å². The van der Waals surface area contributed by atoms with Crippen LogP contribution in [-0.4, -0.2) is 89.0 Å². The van der Waals surface area contributed by atoms with E-state index in [-0.39, 0.29) is 26.1 Å². The van der Waals surface area contributed by atoms with E-state index >= 15 is 0 Å². The van der Waals surface area contributed by atoms with Crippen molar-refractivity contribution in [3.63, 3.8) is 0 Å². The van der Waals surface area contributed by atoms with Crippen LogP contribution in [0.5, 0.6) is 0 Å². The first-order valence-corrected chi connectivity index (χ1v) is 21.4. The van der Waals surface area contributed by atoms with E-state index in [9.17, 15) is 30.0 Å². The second kappa shape index (κ2) is 34.7. The fourth-order valence-electron chi connectivity index (χ4n) is 6.38. The molecule has 0 aromatic heterocycles. The molecule has 310 valence electrons. The quantitative estimate of drug-likeness (QED) is 0.0281. The Balaban J connectivity index is 2.38. The van der Waals surface area contributed by atoms with Crippen LogP contribution in [0.4, 0.5) is 0 Å². The van der Waals surface area contributed by atoms with Gasteiger partial charge in [-0.1, -0.05) is 141 Å². The number of rotatable bonds is 35. The Morgan fingerprint density at radius 1 is 0.566 bits per heavy atom. The number of aliphatic hydroxyl groups excluding tert-OH is 4. The highest BCUT2D eigenvalue weighted by Gasteiger charge is 2.44. The standard InChI is InChI=1S/C43H78O10/c1-3-5-7-9-11-13-15-17-18-20-21-23-25-27-29-31-38(45)50-34-36(35-51-43-42(49)41(48)40(47)37(33-44)53-43)52-39(46)32-30-28-26-24-22-19-16-14-12-10-8-6-4-2/h14,16,25,27,36-37,40-44,47-49H,3-13,15,17-24,26,28-35H2,1-2H3/b16-14+,27-25+/t36-,37-,40+,41?,42?,43-/m0/s1. The van der Waals surface area contributed by atoms with Gasteiger partial charge in [0.15, 0.2) is 12.4 Å². The van der Waals surface area contributed by atoms with E-state index in [4.69, 9.17) is 18.9 Å². The summed E-state index contributed by atoms with van der Waals surface area (Å²) in [5, 5.41) is 40.0. The fourth-order valence-corrected chi connectivity index (χ4v) is 6.38. The maximum Gasteiger partial charge on any atom is 0.306 e. The molecule has 1 rings (SSSR count). The van der Waals surface area contributed by atoms with Crippen molar-refractivity contribution in [3.05, 3.63) is 24.3 Å². The van der Waals surface area contributed by atoms with Crippen LogP contribution in [0.1, 0.15) is 181 Å². The minimum atomic E-state index is -1.60. The number of hydrogen-bond donors (Lipinski definition) is 4. The summed E-state index contributed by atoms with van der Waals surface area (Å²) < 4.78 is 22.1. The molecule has 2 unspecified atom stereocenters. The maximum absolute atomic E-state index is 12.7. The molecule has 0 saturated carbocycles. The summed E-state index contributed by atoms with van der Waals surface area (Å²) in [6.07, 6.45) is 29.1. The smallest absolute Gasteiger partial charge is 0.306 e. The lowest BCUT2D eigenvalue weighted by Gasteiger charge is -2.39. The first-order valence-electron chi connectivity index (χ1n) is 21.4. The zero-order valence-corrected chi connectivity index (χ0v) is 33.5. The molecule has 1 aliphatic rings. The summed E-state index contributed by atoms with van der Waals surface area (Å²) in [4.78, 5) is 25.2. The summed E-state index contributed by atoms with van der Waals surface area (Å²) in [7, 11) is 0. The molecule has 4 N–H and O–H groups in total. The van der Waals surface area contributed by atoms with Crippen LogP contribution in [0, 0.1) is 0 Å². The highest BCUT2D eigenvalue weighted by molar-refractivity contribution is 5.70. The van der Waals surface area contributed by atoms with E-state index in [2.05, 4.69) is 32.1 Å². The fraction of sp³-hybridized carbons (Fsp3) is 0.860. The Kier molecular flexibility index (Phi) is 32.2. The normalized spacial score (nSPS) is 21.1. The van der Waals surface area contributed by atoms with Crippen LogP contribution in [0.25, 0.3) is 0 Å². The number of carbonyl (C=O) groups is 2. The number of unbranched alkanes of at least 4 members (excludes halogenated alkanes) is 20. The largest absolute Gasteiger partial charge is 0.462 e. The average Bonchev–Trinajstić information content (AvgIpc) is 3.15. The molecule has 0 bridgehead atoms. The average molecular weight is 755 g/mol. The summed E-state index contributed by atoms with van der Waals surface area (Å²) in [6, 6.07) is 0. The molecule has 1 saturated heterocycles.